The van der Waals surface area contributed by atoms with Crippen molar-refractivity contribution >= 4 is 32.1 Å². The Balaban J connectivity index is 2.91. The minimum absolute atomic E-state index is 0.0768. The highest BCUT2D eigenvalue weighted by Crippen LogP contribution is 2.44. The van der Waals surface area contributed by atoms with Crippen molar-refractivity contribution in [2.75, 3.05) is 5.73 Å². The largest absolute Gasteiger partial charge is 0.504 e. The number of hydrogen-bond donors (Lipinski definition) is 2. The van der Waals surface area contributed by atoms with Gasteiger partial charge < -0.3 is 10.8 Å². The summed E-state index contributed by atoms with van der Waals surface area (Å²) in [5, 5.41) is 12.8. The number of rotatable bonds is 1. The molecular formula is C8H6N2O2S. The van der Waals surface area contributed by atoms with E-state index in [1.165, 1.54) is 0 Å². The van der Waals surface area contributed by atoms with Gasteiger partial charge in [-0.1, -0.05) is 6.07 Å². The van der Waals surface area contributed by atoms with Gasteiger partial charge in [-0.25, -0.2) is 0 Å². The van der Waals surface area contributed by atoms with Crippen LogP contribution in [0.4, 0.5) is 10.7 Å². The third kappa shape index (κ3) is 1.05. The molecule has 0 saturated carbocycles. The fourth-order valence-electron chi connectivity index (χ4n) is 1.18. The predicted molar refractivity (Wildman–Crippen MR) is 53.4 cm³/mol. The summed E-state index contributed by atoms with van der Waals surface area (Å²) in [6.45, 7) is 0. The average molecular weight is 194 g/mol. The van der Waals surface area contributed by atoms with Crippen molar-refractivity contribution in [3.63, 3.8) is 0 Å². The maximum atomic E-state index is 10.3. The number of nitroso groups, excluding NO2 is 1. The second-order valence-corrected chi connectivity index (χ2v) is 3.57. The Bertz CT molecular complexity index is 478. The summed E-state index contributed by atoms with van der Waals surface area (Å²) >= 11 is 1.10. The third-order valence-corrected chi connectivity index (χ3v) is 2.91. The first-order valence-corrected chi connectivity index (χ1v) is 4.39. The van der Waals surface area contributed by atoms with Crippen LogP contribution in [0.5, 0.6) is 5.75 Å². The second kappa shape index (κ2) is 2.70. The van der Waals surface area contributed by atoms with Gasteiger partial charge in [0.05, 0.1) is 4.70 Å². The van der Waals surface area contributed by atoms with E-state index in [0.29, 0.717) is 15.8 Å². The summed E-state index contributed by atoms with van der Waals surface area (Å²) in [5.74, 6) is -0.0812. The van der Waals surface area contributed by atoms with Gasteiger partial charge in [0, 0.05) is 11.1 Å². The quantitative estimate of drug-likeness (QED) is 0.541. The Morgan fingerprint density at radius 1 is 1.46 bits per heavy atom. The predicted octanol–water partition coefficient (Wildman–Crippen LogP) is 2.59. The van der Waals surface area contributed by atoms with Crippen LogP contribution in [-0.2, 0) is 0 Å². The molecule has 2 aromatic rings. The maximum Gasteiger partial charge on any atom is 0.203 e. The summed E-state index contributed by atoms with van der Waals surface area (Å²) < 4.78 is 0.703. The van der Waals surface area contributed by atoms with Crippen LogP contribution in [0.15, 0.2) is 23.4 Å². The molecule has 1 heterocycles. The molecule has 5 heteroatoms. The van der Waals surface area contributed by atoms with Crippen LogP contribution in [0.2, 0.25) is 0 Å². The van der Waals surface area contributed by atoms with E-state index in [1.807, 2.05) is 0 Å². The van der Waals surface area contributed by atoms with Gasteiger partial charge in [0.25, 0.3) is 0 Å². The number of aromatic hydroxyl groups is 1. The van der Waals surface area contributed by atoms with Crippen LogP contribution >= 0.6 is 11.3 Å². The topological polar surface area (TPSA) is 75.7 Å². The molecule has 0 unspecified atom stereocenters. The fourth-order valence-corrected chi connectivity index (χ4v) is 2.08. The van der Waals surface area contributed by atoms with Gasteiger partial charge in [-0.15, -0.1) is 16.2 Å². The summed E-state index contributed by atoms with van der Waals surface area (Å²) in [6.07, 6.45) is 0. The van der Waals surface area contributed by atoms with Crippen molar-refractivity contribution in [2.45, 2.75) is 0 Å². The number of nitrogens with zero attached hydrogens (tertiary/aromatic N) is 1. The number of nitrogen functional groups attached to an aromatic ring is 1. The van der Waals surface area contributed by atoms with Crippen LogP contribution in [0.3, 0.4) is 0 Å². The first kappa shape index (κ1) is 8.00. The molecule has 0 aliphatic carbocycles. The minimum atomic E-state index is -0.0812. The highest BCUT2D eigenvalue weighted by atomic mass is 32.1. The van der Waals surface area contributed by atoms with Gasteiger partial charge in [-0.3, -0.25) is 0 Å². The van der Waals surface area contributed by atoms with Crippen molar-refractivity contribution in [3.05, 3.63) is 23.1 Å². The van der Waals surface area contributed by atoms with Gasteiger partial charge in [-0.2, -0.15) is 0 Å². The van der Waals surface area contributed by atoms with Crippen molar-refractivity contribution in [1.29, 1.82) is 0 Å². The van der Waals surface area contributed by atoms with E-state index in [9.17, 15) is 10.0 Å². The van der Waals surface area contributed by atoms with Crippen LogP contribution in [0, 0.1) is 4.91 Å². The summed E-state index contributed by atoms with van der Waals surface area (Å²) in [6, 6.07) is 5.14. The fraction of sp³-hybridized carbons (Fsp3) is 0. The Morgan fingerprint density at radius 2 is 2.23 bits per heavy atom. The molecule has 3 N–H and O–H groups in total. The molecule has 4 nitrogen and oxygen atoms in total. The Labute approximate surface area is 77.6 Å². The number of anilines is 1. The number of fused-ring (bicyclic) bond motifs is 1. The molecule has 0 amide bonds. The minimum Gasteiger partial charge on any atom is -0.504 e. The highest BCUT2D eigenvalue weighted by Gasteiger charge is 2.12. The molecule has 66 valence electrons. The normalized spacial score (nSPS) is 10.5. The number of nitrogens with two attached hydrogens (primary N) is 1. The van der Waals surface area contributed by atoms with Crippen molar-refractivity contribution in [2.24, 2.45) is 5.18 Å². The van der Waals surface area contributed by atoms with E-state index in [0.717, 1.165) is 11.3 Å². The monoisotopic (exact) mass is 194 g/mol. The van der Waals surface area contributed by atoms with E-state index in [4.69, 9.17) is 5.73 Å². The molecule has 0 atom stereocenters. The molecular weight excluding hydrogens is 188 g/mol. The lowest BCUT2D eigenvalue weighted by Gasteiger charge is -1.93. The molecule has 1 aromatic heterocycles. The SMILES string of the molecule is Nc1cccc2c(O)c(N=O)sc12. The molecule has 0 saturated heterocycles. The molecule has 0 fully saturated rings. The van der Waals surface area contributed by atoms with E-state index in [1.54, 1.807) is 18.2 Å². The number of benzene rings is 1. The van der Waals surface area contributed by atoms with E-state index < -0.39 is 0 Å². The standard InChI is InChI=1S/C8H6N2O2S/c9-5-3-1-2-4-6(11)8(10-12)13-7(4)5/h1-3,11H,9H2. The second-order valence-electron chi connectivity index (χ2n) is 2.57. The van der Waals surface area contributed by atoms with Crippen LogP contribution in [0.1, 0.15) is 0 Å². The zero-order valence-corrected chi connectivity index (χ0v) is 7.34. The van der Waals surface area contributed by atoms with Gasteiger partial charge in [-0.05, 0) is 17.3 Å². The van der Waals surface area contributed by atoms with E-state index >= 15 is 0 Å². The Morgan fingerprint density at radius 3 is 2.85 bits per heavy atom. The zero-order valence-electron chi connectivity index (χ0n) is 6.52. The smallest absolute Gasteiger partial charge is 0.203 e. The van der Waals surface area contributed by atoms with Gasteiger partial charge in [0.2, 0.25) is 5.00 Å². The summed E-state index contributed by atoms with van der Waals surface area (Å²) in [7, 11) is 0. The van der Waals surface area contributed by atoms with Crippen molar-refractivity contribution in [1.82, 2.24) is 0 Å². The first-order chi connectivity index (χ1) is 6.24. The van der Waals surface area contributed by atoms with Crippen molar-refractivity contribution in [3.8, 4) is 5.75 Å². The maximum absolute atomic E-state index is 10.3. The van der Waals surface area contributed by atoms with Gasteiger partial charge in [0.15, 0.2) is 5.75 Å². The van der Waals surface area contributed by atoms with E-state index in [2.05, 4.69) is 5.18 Å². The first-order valence-electron chi connectivity index (χ1n) is 3.57. The lowest BCUT2D eigenvalue weighted by Crippen LogP contribution is -1.81. The van der Waals surface area contributed by atoms with Crippen LogP contribution in [-0.4, -0.2) is 5.11 Å². The average Bonchev–Trinajstić information content (AvgIpc) is 2.45. The lowest BCUT2D eigenvalue weighted by atomic mass is 10.2. The molecule has 2 rings (SSSR count). The molecule has 0 aliphatic heterocycles. The number of hydrogen-bond acceptors (Lipinski definition) is 5. The molecule has 0 radical (unpaired) electrons. The molecule has 1 aromatic carbocycles. The summed E-state index contributed by atoms with van der Waals surface area (Å²) in [4.78, 5) is 10.3. The van der Waals surface area contributed by atoms with Gasteiger partial charge >= 0.3 is 0 Å². The van der Waals surface area contributed by atoms with Gasteiger partial charge in [0.1, 0.15) is 0 Å². The van der Waals surface area contributed by atoms with Crippen LogP contribution < -0.4 is 5.73 Å². The zero-order chi connectivity index (χ0) is 9.42. The van der Waals surface area contributed by atoms with Crippen LogP contribution in [0.25, 0.3) is 10.1 Å². The Hall–Kier alpha value is -1.62. The molecule has 0 spiro atoms. The van der Waals surface area contributed by atoms with E-state index in [-0.39, 0.29) is 10.8 Å². The highest BCUT2D eigenvalue weighted by molar-refractivity contribution is 7.23. The molecule has 0 bridgehead atoms. The molecule has 13 heavy (non-hydrogen) atoms. The third-order valence-electron chi connectivity index (χ3n) is 1.78. The van der Waals surface area contributed by atoms with Crippen molar-refractivity contribution < 1.29 is 5.11 Å². The summed E-state index contributed by atoms with van der Waals surface area (Å²) in [5.41, 5.74) is 6.20. The molecule has 0 aliphatic rings. The Kier molecular flexibility index (Phi) is 1.66. The number of thiophene rings is 1. The lowest BCUT2D eigenvalue weighted by molar-refractivity contribution is 0.485.